The maximum atomic E-state index is 11.7. The number of benzene rings is 1. The molecule has 0 aromatic heterocycles. The van der Waals surface area contributed by atoms with E-state index in [2.05, 4.69) is 35.1 Å². The molecule has 1 aromatic rings. The highest BCUT2D eigenvalue weighted by atomic mass is 79.9. The lowest BCUT2D eigenvalue weighted by molar-refractivity contribution is -0.123. The van der Waals surface area contributed by atoms with Crippen LogP contribution in [0.2, 0.25) is 0 Å². The van der Waals surface area contributed by atoms with Crippen LogP contribution in [0.5, 0.6) is 5.75 Å². The molecule has 0 fully saturated rings. The highest BCUT2D eigenvalue weighted by molar-refractivity contribution is 9.10. The van der Waals surface area contributed by atoms with Crippen LogP contribution in [0.3, 0.4) is 0 Å². The summed E-state index contributed by atoms with van der Waals surface area (Å²) in [6.45, 7) is 6.82. The van der Waals surface area contributed by atoms with Gasteiger partial charge in [0.25, 0.3) is 5.91 Å². The average molecular weight is 343 g/mol. The third-order valence-corrected chi connectivity index (χ3v) is 3.36. The van der Waals surface area contributed by atoms with Gasteiger partial charge in [-0.2, -0.15) is 0 Å². The molecular weight excluding hydrogens is 320 g/mol. The molecule has 0 saturated carbocycles. The van der Waals surface area contributed by atoms with Gasteiger partial charge < -0.3 is 15.8 Å². The Hall–Kier alpha value is -1.07. The average Bonchev–Trinajstić information content (AvgIpc) is 2.35. The summed E-state index contributed by atoms with van der Waals surface area (Å²) in [6.07, 6.45) is 0.966. The summed E-state index contributed by atoms with van der Waals surface area (Å²) < 4.78 is 6.48. The number of halogens is 1. The standard InChI is InChI=1S/C15H23BrN2O2/c1-10(2)6-7-18-15(19)9-20-14-8-12(16)4-5-13(14)11(3)17/h4-5,8,10-11H,6-7,9,17H2,1-3H3,(H,18,19)/t11-/m0/s1. The van der Waals surface area contributed by atoms with Gasteiger partial charge in [0.15, 0.2) is 6.61 Å². The van der Waals surface area contributed by atoms with Crippen molar-refractivity contribution in [2.24, 2.45) is 11.7 Å². The van der Waals surface area contributed by atoms with Gasteiger partial charge in [-0.15, -0.1) is 0 Å². The van der Waals surface area contributed by atoms with E-state index in [1.54, 1.807) is 0 Å². The van der Waals surface area contributed by atoms with Crippen molar-refractivity contribution in [1.29, 1.82) is 0 Å². The van der Waals surface area contributed by atoms with Crippen molar-refractivity contribution in [3.05, 3.63) is 28.2 Å². The quantitative estimate of drug-likeness (QED) is 0.800. The smallest absolute Gasteiger partial charge is 0.257 e. The minimum atomic E-state index is -0.137. The fraction of sp³-hybridized carbons (Fsp3) is 0.533. The van der Waals surface area contributed by atoms with Crippen molar-refractivity contribution >= 4 is 21.8 Å². The molecular formula is C15H23BrN2O2. The van der Waals surface area contributed by atoms with Gasteiger partial charge in [0.2, 0.25) is 0 Å². The van der Waals surface area contributed by atoms with Crippen LogP contribution in [0.25, 0.3) is 0 Å². The highest BCUT2D eigenvalue weighted by Gasteiger charge is 2.10. The second-order valence-corrected chi connectivity index (χ2v) is 6.21. The Morgan fingerprint density at radius 1 is 1.40 bits per heavy atom. The Morgan fingerprint density at radius 2 is 2.10 bits per heavy atom. The van der Waals surface area contributed by atoms with Crippen LogP contribution in [-0.4, -0.2) is 19.1 Å². The third-order valence-electron chi connectivity index (χ3n) is 2.87. The van der Waals surface area contributed by atoms with Crippen molar-refractivity contribution in [2.75, 3.05) is 13.2 Å². The summed E-state index contributed by atoms with van der Waals surface area (Å²) in [4.78, 5) is 11.7. The number of hydrogen-bond donors (Lipinski definition) is 2. The molecule has 1 amide bonds. The molecule has 112 valence electrons. The Balaban J connectivity index is 2.52. The van der Waals surface area contributed by atoms with Crippen LogP contribution >= 0.6 is 15.9 Å². The largest absolute Gasteiger partial charge is 0.483 e. The van der Waals surface area contributed by atoms with Crippen LogP contribution < -0.4 is 15.8 Å². The fourth-order valence-electron chi connectivity index (χ4n) is 1.70. The molecule has 0 saturated heterocycles. The van der Waals surface area contributed by atoms with Gasteiger partial charge in [0, 0.05) is 22.6 Å². The monoisotopic (exact) mass is 342 g/mol. The number of ether oxygens (including phenoxy) is 1. The van der Waals surface area contributed by atoms with Crippen LogP contribution in [0.15, 0.2) is 22.7 Å². The maximum Gasteiger partial charge on any atom is 0.257 e. The first-order chi connectivity index (χ1) is 9.40. The molecule has 1 aromatic carbocycles. The fourth-order valence-corrected chi connectivity index (χ4v) is 2.04. The number of rotatable bonds is 7. The van der Waals surface area contributed by atoms with Crippen molar-refractivity contribution in [1.82, 2.24) is 5.32 Å². The Morgan fingerprint density at radius 3 is 2.70 bits per heavy atom. The minimum Gasteiger partial charge on any atom is -0.483 e. The molecule has 0 aliphatic rings. The van der Waals surface area contributed by atoms with Gasteiger partial charge >= 0.3 is 0 Å². The van der Waals surface area contributed by atoms with E-state index in [0.717, 1.165) is 16.5 Å². The van der Waals surface area contributed by atoms with Crippen molar-refractivity contribution in [3.63, 3.8) is 0 Å². The molecule has 20 heavy (non-hydrogen) atoms. The first kappa shape index (κ1) is 17.0. The first-order valence-corrected chi connectivity index (χ1v) is 7.64. The molecule has 1 atom stereocenters. The normalized spacial score (nSPS) is 12.3. The minimum absolute atomic E-state index is 0.00820. The second-order valence-electron chi connectivity index (χ2n) is 5.29. The summed E-state index contributed by atoms with van der Waals surface area (Å²) in [5, 5.41) is 2.84. The van der Waals surface area contributed by atoms with E-state index >= 15 is 0 Å². The van der Waals surface area contributed by atoms with E-state index in [4.69, 9.17) is 10.5 Å². The van der Waals surface area contributed by atoms with Crippen LogP contribution in [0.4, 0.5) is 0 Å². The lowest BCUT2D eigenvalue weighted by Gasteiger charge is -2.14. The zero-order chi connectivity index (χ0) is 15.1. The number of nitrogens with two attached hydrogens (primary N) is 1. The van der Waals surface area contributed by atoms with Crippen LogP contribution in [0.1, 0.15) is 38.8 Å². The molecule has 0 bridgehead atoms. The van der Waals surface area contributed by atoms with Gasteiger partial charge in [-0.1, -0.05) is 35.8 Å². The molecule has 0 aliphatic heterocycles. The van der Waals surface area contributed by atoms with Crippen molar-refractivity contribution < 1.29 is 9.53 Å². The summed E-state index contributed by atoms with van der Waals surface area (Å²) >= 11 is 3.39. The molecule has 5 heteroatoms. The summed E-state index contributed by atoms with van der Waals surface area (Å²) in [5.41, 5.74) is 6.78. The molecule has 0 heterocycles. The number of amides is 1. The van der Waals surface area contributed by atoms with Gasteiger partial charge in [-0.3, -0.25) is 4.79 Å². The summed E-state index contributed by atoms with van der Waals surface area (Å²) in [6, 6.07) is 5.51. The van der Waals surface area contributed by atoms with E-state index < -0.39 is 0 Å². The van der Waals surface area contributed by atoms with E-state index in [-0.39, 0.29) is 18.6 Å². The Labute approximate surface area is 129 Å². The predicted octanol–water partition coefficient (Wildman–Crippen LogP) is 3.01. The maximum absolute atomic E-state index is 11.7. The molecule has 0 unspecified atom stereocenters. The zero-order valence-corrected chi connectivity index (χ0v) is 13.9. The molecule has 4 nitrogen and oxygen atoms in total. The van der Waals surface area contributed by atoms with Gasteiger partial charge in [0.05, 0.1) is 0 Å². The molecule has 0 aliphatic carbocycles. The lowest BCUT2D eigenvalue weighted by Crippen LogP contribution is -2.30. The van der Waals surface area contributed by atoms with Crippen LogP contribution in [0, 0.1) is 5.92 Å². The Kier molecular flexibility index (Phi) is 7.02. The molecule has 1 rings (SSSR count). The predicted molar refractivity (Wildman–Crippen MR) is 84.7 cm³/mol. The second kappa shape index (κ2) is 8.27. The highest BCUT2D eigenvalue weighted by Crippen LogP contribution is 2.27. The van der Waals surface area contributed by atoms with E-state index in [0.29, 0.717) is 18.2 Å². The van der Waals surface area contributed by atoms with Gasteiger partial charge in [0.1, 0.15) is 5.75 Å². The zero-order valence-electron chi connectivity index (χ0n) is 12.3. The number of nitrogens with one attached hydrogen (secondary N) is 1. The van der Waals surface area contributed by atoms with E-state index in [1.165, 1.54) is 0 Å². The van der Waals surface area contributed by atoms with Crippen molar-refractivity contribution in [3.8, 4) is 5.75 Å². The van der Waals surface area contributed by atoms with Gasteiger partial charge in [-0.25, -0.2) is 0 Å². The lowest BCUT2D eigenvalue weighted by atomic mass is 10.1. The van der Waals surface area contributed by atoms with E-state index in [9.17, 15) is 4.79 Å². The number of carbonyl (C=O) groups is 1. The number of hydrogen-bond acceptors (Lipinski definition) is 3. The van der Waals surface area contributed by atoms with E-state index in [1.807, 2.05) is 25.1 Å². The van der Waals surface area contributed by atoms with Crippen molar-refractivity contribution in [2.45, 2.75) is 33.2 Å². The van der Waals surface area contributed by atoms with Crippen LogP contribution in [-0.2, 0) is 4.79 Å². The number of carbonyl (C=O) groups excluding carboxylic acids is 1. The molecule has 0 spiro atoms. The topological polar surface area (TPSA) is 64.3 Å². The summed E-state index contributed by atoms with van der Waals surface area (Å²) in [7, 11) is 0. The third kappa shape index (κ3) is 5.92. The first-order valence-electron chi connectivity index (χ1n) is 6.84. The van der Waals surface area contributed by atoms with Gasteiger partial charge in [-0.05, 0) is 31.4 Å². The Bertz CT molecular complexity index is 447. The molecule has 3 N–H and O–H groups in total. The molecule has 0 radical (unpaired) electrons. The summed E-state index contributed by atoms with van der Waals surface area (Å²) in [5.74, 6) is 1.11. The SMILES string of the molecule is CC(C)CCNC(=O)COc1cc(Br)ccc1[C@H](C)N.